The molecule has 0 amide bonds. The van der Waals surface area contributed by atoms with E-state index in [0.717, 1.165) is 0 Å². The van der Waals surface area contributed by atoms with Crippen LogP contribution in [0.1, 0.15) is 15.9 Å². The molecule has 0 radical (unpaired) electrons. The summed E-state index contributed by atoms with van der Waals surface area (Å²) in [6, 6.07) is 4.49. The summed E-state index contributed by atoms with van der Waals surface area (Å²) in [6.45, 7) is 1.43. The Morgan fingerprint density at radius 1 is 1.57 bits per heavy atom. The van der Waals surface area contributed by atoms with Gasteiger partial charge in [-0.05, 0) is 12.5 Å². The molecular formula is C9H10N2O3. The zero-order valence-electron chi connectivity index (χ0n) is 7.69. The van der Waals surface area contributed by atoms with Gasteiger partial charge in [0, 0.05) is 6.07 Å². The molecule has 1 rings (SSSR count). The molecule has 1 aromatic carbocycles. The molecule has 5 heteroatoms. The number of nitrogens with two attached hydrogens (primary N) is 1. The van der Waals surface area contributed by atoms with Crippen molar-refractivity contribution < 1.29 is 9.72 Å². The van der Waals surface area contributed by atoms with Crippen molar-refractivity contribution in [2.75, 3.05) is 6.54 Å². The molecule has 0 saturated heterocycles. The lowest BCUT2D eigenvalue weighted by molar-refractivity contribution is -0.385. The fourth-order valence-electron chi connectivity index (χ4n) is 1.27. The van der Waals surface area contributed by atoms with E-state index in [0.29, 0.717) is 5.56 Å². The summed E-state index contributed by atoms with van der Waals surface area (Å²) in [5.74, 6) is -0.408. The van der Waals surface area contributed by atoms with Crippen molar-refractivity contribution in [1.82, 2.24) is 0 Å². The zero-order chi connectivity index (χ0) is 10.7. The summed E-state index contributed by atoms with van der Waals surface area (Å²) in [6.07, 6.45) is 0. The number of carbonyl (C=O) groups is 1. The first-order chi connectivity index (χ1) is 6.57. The third-order valence-electron chi connectivity index (χ3n) is 1.91. The second-order valence-electron chi connectivity index (χ2n) is 2.85. The molecule has 0 saturated carbocycles. The molecule has 5 nitrogen and oxygen atoms in total. The largest absolute Gasteiger partial charge is 0.324 e. The normalized spacial score (nSPS) is 9.86. The quantitative estimate of drug-likeness (QED) is 0.442. The Bertz CT molecular complexity index is 388. The van der Waals surface area contributed by atoms with Crippen molar-refractivity contribution in [2.24, 2.45) is 5.73 Å². The van der Waals surface area contributed by atoms with E-state index in [2.05, 4.69) is 0 Å². The number of nitro groups is 1. The van der Waals surface area contributed by atoms with Crippen LogP contribution >= 0.6 is 0 Å². The van der Waals surface area contributed by atoms with Gasteiger partial charge in [0.1, 0.15) is 0 Å². The summed E-state index contributed by atoms with van der Waals surface area (Å²) < 4.78 is 0. The van der Waals surface area contributed by atoms with Gasteiger partial charge in [-0.1, -0.05) is 12.1 Å². The molecule has 2 N–H and O–H groups in total. The Kier molecular flexibility index (Phi) is 2.93. The van der Waals surface area contributed by atoms with Gasteiger partial charge in [0.15, 0.2) is 5.78 Å². The lowest BCUT2D eigenvalue weighted by Crippen LogP contribution is -2.16. The molecule has 0 bridgehead atoms. The maximum atomic E-state index is 11.3. The highest BCUT2D eigenvalue weighted by Gasteiger charge is 2.20. The zero-order valence-corrected chi connectivity index (χ0v) is 7.69. The minimum atomic E-state index is -0.574. The molecule has 0 atom stereocenters. The lowest BCUT2D eigenvalue weighted by Gasteiger charge is -2.03. The van der Waals surface area contributed by atoms with Crippen molar-refractivity contribution in [1.29, 1.82) is 0 Å². The third kappa shape index (κ3) is 1.77. The topological polar surface area (TPSA) is 86.2 Å². The summed E-state index contributed by atoms with van der Waals surface area (Å²) in [5, 5.41) is 10.6. The van der Waals surface area contributed by atoms with Gasteiger partial charge < -0.3 is 5.73 Å². The maximum Gasteiger partial charge on any atom is 0.280 e. The Morgan fingerprint density at radius 3 is 2.71 bits per heavy atom. The number of aryl methyl sites for hydroxylation is 1. The van der Waals surface area contributed by atoms with Crippen LogP contribution in [0.15, 0.2) is 18.2 Å². The van der Waals surface area contributed by atoms with Gasteiger partial charge in [0.25, 0.3) is 5.69 Å². The highest BCUT2D eigenvalue weighted by atomic mass is 16.6. The Morgan fingerprint density at radius 2 is 2.21 bits per heavy atom. The van der Waals surface area contributed by atoms with Crippen LogP contribution in [0.3, 0.4) is 0 Å². The molecule has 0 aliphatic rings. The summed E-state index contributed by atoms with van der Waals surface area (Å²) >= 11 is 0. The van der Waals surface area contributed by atoms with E-state index in [1.807, 2.05) is 0 Å². The van der Waals surface area contributed by atoms with E-state index >= 15 is 0 Å². The van der Waals surface area contributed by atoms with E-state index < -0.39 is 10.7 Å². The van der Waals surface area contributed by atoms with Gasteiger partial charge >= 0.3 is 0 Å². The standard InChI is InChI=1S/C9H10N2O3/c1-6-3-2-4-7(11(13)14)9(6)8(12)5-10/h2-4H,5,10H2,1H3. The average Bonchev–Trinajstić information content (AvgIpc) is 2.16. The van der Waals surface area contributed by atoms with Gasteiger partial charge in [0.2, 0.25) is 0 Å². The predicted molar refractivity (Wildman–Crippen MR) is 51.2 cm³/mol. The van der Waals surface area contributed by atoms with Crippen molar-refractivity contribution in [3.8, 4) is 0 Å². The molecule has 0 aliphatic carbocycles. The van der Waals surface area contributed by atoms with E-state index in [1.165, 1.54) is 6.07 Å². The van der Waals surface area contributed by atoms with Crippen molar-refractivity contribution in [3.63, 3.8) is 0 Å². The lowest BCUT2D eigenvalue weighted by atomic mass is 10.0. The van der Waals surface area contributed by atoms with Crippen molar-refractivity contribution in [2.45, 2.75) is 6.92 Å². The second-order valence-corrected chi connectivity index (χ2v) is 2.85. The molecule has 0 aliphatic heterocycles. The molecule has 0 aromatic heterocycles. The number of rotatable bonds is 3. The van der Waals surface area contributed by atoms with Crippen molar-refractivity contribution in [3.05, 3.63) is 39.4 Å². The number of nitro benzene ring substituents is 1. The average molecular weight is 194 g/mol. The highest BCUT2D eigenvalue weighted by Crippen LogP contribution is 2.21. The predicted octanol–water partition coefficient (Wildman–Crippen LogP) is 1.04. The maximum absolute atomic E-state index is 11.3. The molecule has 0 unspecified atom stereocenters. The molecule has 0 spiro atoms. The van der Waals surface area contributed by atoms with Crippen LogP contribution in [0.5, 0.6) is 0 Å². The first-order valence-electron chi connectivity index (χ1n) is 4.05. The SMILES string of the molecule is Cc1cccc([N+](=O)[O-])c1C(=O)CN. The van der Waals surface area contributed by atoms with Gasteiger partial charge in [-0.25, -0.2) is 0 Å². The van der Waals surface area contributed by atoms with Crippen LogP contribution < -0.4 is 5.73 Å². The van der Waals surface area contributed by atoms with Crippen LogP contribution in [0.2, 0.25) is 0 Å². The Labute approximate surface area is 80.7 Å². The monoisotopic (exact) mass is 194 g/mol. The van der Waals surface area contributed by atoms with Gasteiger partial charge in [-0.15, -0.1) is 0 Å². The molecular weight excluding hydrogens is 184 g/mol. The number of hydrogen-bond acceptors (Lipinski definition) is 4. The minimum Gasteiger partial charge on any atom is -0.324 e. The van der Waals surface area contributed by atoms with Crippen LogP contribution in [0, 0.1) is 17.0 Å². The van der Waals surface area contributed by atoms with Gasteiger partial charge in [-0.3, -0.25) is 14.9 Å². The number of carbonyl (C=O) groups excluding carboxylic acids is 1. The minimum absolute atomic E-state index is 0.111. The molecule has 74 valence electrons. The van der Waals surface area contributed by atoms with Crippen molar-refractivity contribution >= 4 is 11.5 Å². The third-order valence-corrected chi connectivity index (χ3v) is 1.91. The molecule has 1 aromatic rings. The molecule has 0 fully saturated rings. The summed E-state index contributed by atoms with van der Waals surface area (Å²) in [4.78, 5) is 21.4. The number of nitrogens with zero attached hydrogens (tertiary/aromatic N) is 1. The second kappa shape index (κ2) is 3.97. The summed E-state index contributed by atoms with van der Waals surface area (Å²) in [5.41, 5.74) is 5.68. The molecule has 14 heavy (non-hydrogen) atoms. The van der Waals surface area contributed by atoms with Crippen LogP contribution in [0.25, 0.3) is 0 Å². The van der Waals surface area contributed by atoms with Crippen LogP contribution in [0.4, 0.5) is 5.69 Å². The number of benzene rings is 1. The first kappa shape index (κ1) is 10.3. The number of Topliss-reactive ketones (excluding diaryl/α,β-unsaturated/α-hetero) is 1. The number of hydrogen-bond donors (Lipinski definition) is 1. The highest BCUT2D eigenvalue weighted by molar-refractivity contribution is 6.02. The van der Waals surface area contributed by atoms with E-state index in [1.54, 1.807) is 19.1 Å². The number of ketones is 1. The van der Waals surface area contributed by atoms with Crippen LogP contribution in [-0.2, 0) is 0 Å². The van der Waals surface area contributed by atoms with E-state index in [-0.39, 0.29) is 17.8 Å². The Balaban J connectivity index is 3.36. The Hall–Kier alpha value is -1.75. The van der Waals surface area contributed by atoms with Crippen LogP contribution in [-0.4, -0.2) is 17.3 Å². The van der Waals surface area contributed by atoms with E-state index in [9.17, 15) is 14.9 Å². The smallest absolute Gasteiger partial charge is 0.280 e. The summed E-state index contributed by atoms with van der Waals surface area (Å²) in [7, 11) is 0. The first-order valence-corrected chi connectivity index (χ1v) is 4.05. The fraction of sp³-hybridized carbons (Fsp3) is 0.222. The fourth-order valence-corrected chi connectivity index (χ4v) is 1.27. The van der Waals surface area contributed by atoms with E-state index in [4.69, 9.17) is 5.73 Å². The molecule has 0 heterocycles. The van der Waals surface area contributed by atoms with Gasteiger partial charge in [0.05, 0.1) is 17.0 Å². The van der Waals surface area contributed by atoms with Gasteiger partial charge in [-0.2, -0.15) is 0 Å².